The Hall–Kier alpha value is -3.52. The van der Waals surface area contributed by atoms with Gasteiger partial charge in [-0.1, -0.05) is 18.6 Å². The minimum absolute atomic E-state index is 0.160. The molecule has 0 aliphatic rings. The number of phenolic OH excluding ortho intramolecular Hbond substituents is 1. The highest BCUT2D eigenvalue weighted by Crippen LogP contribution is 2.10. The van der Waals surface area contributed by atoms with Gasteiger partial charge in [-0.3, -0.25) is 14.4 Å². The molecule has 1 aromatic carbocycles. The number of nitrogens with zero attached hydrogens (tertiary/aromatic N) is 1. The molecular formula is C21H34N6O7. The van der Waals surface area contributed by atoms with Crippen LogP contribution in [0.2, 0.25) is 0 Å². The van der Waals surface area contributed by atoms with E-state index < -0.39 is 36.0 Å². The SMILES string of the molecule is NC(Cc1ccc(O)cc1)C(=O)O.NC(Cc1cnc[nH]1)C(=O)O.NCCCCC(N)C(=O)O. The highest BCUT2D eigenvalue weighted by molar-refractivity contribution is 5.74. The van der Waals surface area contributed by atoms with Crippen LogP contribution in [0, 0.1) is 0 Å². The van der Waals surface area contributed by atoms with Gasteiger partial charge in [0.25, 0.3) is 0 Å². The number of carbonyl (C=O) groups is 3. The summed E-state index contributed by atoms with van der Waals surface area (Å²) in [5.41, 5.74) is 22.5. The van der Waals surface area contributed by atoms with Crippen molar-refractivity contribution in [3.8, 4) is 5.75 Å². The van der Waals surface area contributed by atoms with E-state index in [2.05, 4.69) is 9.97 Å². The summed E-state index contributed by atoms with van der Waals surface area (Å²) in [7, 11) is 0. The smallest absolute Gasteiger partial charge is 0.320 e. The fourth-order valence-corrected chi connectivity index (χ4v) is 2.33. The average molecular weight is 483 g/mol. The number of nitrogens with two attached hydrogens (primary N) is 4. The van der Waals surface area contributed by atoms with Gasteiger partial charge in [0.05, 0.1) is 6.33 Å². The highest BCUT2D eigenvalue weighted by Gasteiger charge is 2.12. The molecule has 190 valence electrons. The minimum atomic E-state index is -1.02. The summed E-state index contributed by atoms with van der Waals surface area (Å²) in [6.45, 7) is 0.604. The van der Waals surface area contributed by atoms with E-state index in [4.69, 9.17) is 43.4 Å². The van der Waals surface area contributed by atoms with Gasteiger partial charge in [-0.15, -0.1) is 0 Å². The number of aromatic hydroxyl groups is 1. The molecule has 0 aliphatic heterocycles. The summed E-state index contributed by atoms with van der Waals surface area (Å²) in [5, 5.41) is 34.2. The second-order valence-corrected chi connectivity index (χ2v) is 7.27. The minimum Gasteiger partial charge on any atom is -0.508 e. The lowest BCUT2D eigenvalue weighted by Crippen LogP contribution is -2.32. The molecule has 2 aromatic rings. The maximum absolute atomic E-state index is 10.4. The first kappa shape index (κ1) is 30.5. The largest absolute Gasteiger partial charge is 0.508 e. The number of benzene rings is 1. The van der Waals surface area contributed by atoms with Gasteiger partial charge in [0.15, 0.2) is 0 Å². The van der Waals surface area contributed by atoms with E-state index in [1.165, 1.54) is 18.5 Å². The monoisotopic (exact) mass is 482 g/mol. The Kier molecular flexibility index (Phi) is 15.3. The lowest BCUT2D eigenvalue weighted by atomic mass is 10.1. The zero-order valence-electron chi connectivity index (χ0n) is 18.7. The molecule has 0 amide bonds. The first-order valence-electron chi connectivity index (χ1n) is 10.4. The quantitative estimate of drug-likeness (QED) is 0.179. The molecule has 0 saturated heterocycles. The molecule has 2 rings (SSSR count). The van der Waals surface area contributed by atoms with Crippen LogP contribution in [0.3, 0.4) is 0 Å². The second kappa shape index (κ2) is 17.0. The van der Waals surface area contributed by atoms with Crippen molar-refractivity contribution in [2.45, 2.75) is 50.2 Å². The van der Waals surface area contributed by atoms with E-state index in [-0.39, 0.29) is 18.6 Å². The molecule has 1 aromatic heterocycles. The van der Waals surface area contributed by atoms with Gasteiger partial charge in [-0.2, -0.15) is 0 Å². The van der Waals surface area contributed by atoms with Crippen LogP contribution >= 0.6 is 0 Å². The second-order valence-electron chi connectivity index (χ2n) is 7.27. The van der Waals surface area contributed by atoms with E-state index in [1.807, 2.05) is 0 Å². The van der Waals surface area contributed by atoms with Gasteiger partial charge in [0.2, 0.25) is 0 Å². The topological polar surface area (TPSA) is 265 Å². The van der Waals surface area contributed by atoms with Crippen LogP contribution in [-0.2, 0) is 27.2 Å². The maximum Gasteiger partial charge on any atom is 0.320 e. The number of imidazole rings is 1. The molecule has 34 heavy (non-hydrogen) atoms. The Bertz CT molecular complexity index is 846. The molecule has 13 nitrogen and oxygen atoms in total. The van der Waals surface area contributed by atoms with Gasteiger partial charge in [-0.05, 0) is 43.5 Å². The Morgan fingerprint density at radius 3 is 1.82 bits per heavy atom. The third-order valence-electron chi connectivity index (χ3n) is 4.31. The van der Waals surface area contributed by atoms with Gasteiger partial charge >= 0.3 is 17.9 Å². The number of rotatable bonds is 11. The predicted molar refractivity (Wildman–Crippen MR) is 124 cm³/mol. The molecular weight excluding hydrogens is 448 g/mol. The number of hydrogen-bond donors (Lipinski definition) is 9. The van der Waals surface area contributed by atoms with Crippen molar-refractivity contribution in [2.24, 2.45) is 22.9 Å². The van der Waals surface area contributed by atoms with E-state index in [1.54, 1.807) is 18.3 Å². The number of carboxylic acids is 3. The number of phenols is 1. The number of nitrogens with one attached hydrogen (secondary N) is 1. The lowest BCUT2D eigenvalue weighted by Gasteiger charge is -2.05. The highest BCUT2D eigenvalue weighted by atomic mass is 16.4. The third kappa shape index (κ3) is 14.5. The number of aromatic amines is 1. The van der Waals surface area contributed by atoms with Crippen LogP contribution < -0.4 is 22.9 Å². The summed E-state index contributed by atoms with van der Waals surface area (Å²) >= 11 is 0. The number of aliphatic carboxylic acids is 3. The molecule has 3 atom stereocenters. The summed E-state index contributed by atoms with van der Waals surface area (Å²) in [6, 6.07) is 3.86. The third-order valence-corrected chi connectivity index (χ3v) is 4.31. The van der Waals surface area contributed by atoms with Crippen molar-refractivity contribution >= 4 is 17.9 Å². The number of aromatic nitrogens is 2. The Balaban J connectivity index is 0.000000486. The van der Waals surface area contributed by atoms with Gasteiger partial charge in [0, 0.05) is 18.3 Å². The van der Waals surface area contributed by atoms with Gasteiger partial charge in [-0.25, -0.2) is 4.98 Å². The molecule has 13 heteroatoms. The first-order chi connectivity index (χ1) is 16.0. The summed E-state index contributed by atoms with van der Waals surface area (Å²) in [5.74, 6) is -2.79. The first-order valence-corrected chi connectivity index (χ1v) is 10.4. The van der Waals surface area contributed by atoms with Crippen LogP contribution in [0.5, 0.6) is 5.75 Å². The number of hydrogen-bond acceptors (Lipinski definition) is 9. The van der Waals surface area contributed by atoms with E-state index >= 15 is 0 Å². The van der Waals surface area contributed by atoms with Crippen LogP contribution in [0.4, 0.5) is 0 Å². The predicted octanol–water partition coefficient (Wildman–Crippen LogP) is -0.762. The van der Waals surface area contributed by atoms with Crippen molar-refractivity contribution in [3.63, 3.8) is 0 Å². The Morgan fingerprint density at radius 1 is 0.853 bits per heavy atom. The molecule has 1 heterocycles. The van der Waals surface area contributed by atoms with E-state index in [0.29, 0.717) is 13.0 Å². The molecule has 13 N–H and O–H groups in total. The van der Waals surface area contributed by atoms with Crippen molar-refractivity contribution in [3.05, 3.63) is 48.0 Å². The summed E-state index contributed by atoms with van der Waals surface area (Å²) < 4.78 is 0. The molecule has 3 unspecified atom stereocenters. The summed E-state index contributed by atoms with van der Waals surface area (Å²) in [6.07, 6.45) is 5.77. The Labute approximate surface area is 196 Å². The van der Waals surface area contributed by atoms with Gasteiger partial charge < -0.3 is 48.3 Å². The fourth-order valence-electron chi connectivity index (χ4n) is 2.33. The van der Waals surface area contributed by atoms with Crippen LogP contribution in [0.25, 0.3) is 0 Å². The zero-order valence-corrected chi connectivity index (χ0v) is 18.7. The van der Waals surface area contributed by atoms with Crippen LogP contribution in [0.15, 0.2) is 36.8 Å². The lowest BCUT2D eigenvalue weighted by molar-refractivity contribution is -0.139. The zero-order chi connectivity index (χ0) is 26.1. The normalized spacial score (nSPS) is 12.7. The van der Waals surface area contributed by atoms with Crippen molar-refractivity contribution in [2.75, 3.05) is 6.54 Å². The van der Waals surface area contributed by atoms with Crippen LogP contribution in [0.1, 0.15) is 30.5 Å². The fraction of sp³-hybridized carbons (Fsp3) is 0.429. The number of unbranched alkanes of at least 4 members (excludes halogenated alkanes) is 1. The molecule has 0 saturated carbocycles. The number of carboxylic acid groups (broad SMARTS) is 3. The summed E-state index contributed by atoms with van der Waals surface area (Å²) in [4.78, 5) is 37.3. The maximum atomic E-state index is 10.4. The standard InChI is InChI=1S/C9H11NO3.C6H9N3O2.C6H14N2O2/c10-8(9(12)13)5-6-1-3-7(11)4-2-6;7-5(6(10)11)1-4-2-8-3-9-4;7-4-2-1-3-5(8)6(9)10/h1-4,8,11H,5,10H2,(H,12,13);2-3,5H,1,7H2,(H,8,9)(H,10,11);5H,1-4,7-8H2,(H,9,10). The molecule has 0 fully saturated rings. The van der Waals surface area contributed by atoms with Crippen molar-refractivity contribution < 1.29 is 34.8 Å². The number of H-pyrrole nitrogens is 1. The average Bonchev–Trinajstić information content (AvgIpc) is 3.29. The molecule has 0 bridgehead atoms. The molecule has 0 spiro atoms. The van der Waals surface area contributed by atoms with E-state index in [0.717, 1.165) is 24.1 Å². The van der Waals surface area contributed by atoms with E-state index in [9.17, 15) is 14.4 Å². The van der Waals surface area contributed by atoms with Gasteiger partial charge in [0.1, 0.15) is 23.9 Å². The van der Waals surface area contributed by atoms with Crippen molar-refractivity contribution in [1.29, 1.82) is 0 Å². The van der Waals surface area contributed by atoms with Crippen LogP contribution in [-0.4, -0.2) is 73.0 Å². The molecule has 0 radical (unpaired) electrons. The van der Waals surface area contributed by atoms with Crippen molar-refractivity contribution in [1.82, 2.24) is 9.97 Å². The Morgan fingerprint density at radius 2 is 1.38 bits per heavy atom. The molecule has 0 aliphatic carbocycles.